The third-order valence-electron chi connectivity index (χ3n) is 3.61. The van der Waals surface area contributed by atoms with Crippen molar-refractivity contribution in [2.75, 3.05) is 51.4 Å². The number of fused-ring (bicyclic) bond motifs is 1. The number of hydrogen-bond acceptors (Lipinski definition) is 7. The molecule has 0 spiro atoms. The fourth-order valence-corrected chi connectivity index (χ4v) is 2.37. The maximum absolute atomic E-state index is 12.4. The molecule has 2 aromatic rings. The maximum atomic E-state index is 12.4. The minimum atomic E-state index is -0.202. The Labute approximate surface area is 127 Å². The Hall–Kier alpha value is -2.13. The topological polar surface area (TPSA) is 97.3 Å². The van der Waals surface area contributed by atoms with Gasteiger partial charge in [-0.15, -0.1) is 0 Å². The molecule has 0 unspecified atom stereocenters. The van der Waals surface area contributed by atoms with Gasteiger partial charge < -0.3 is 24.7 Å². The number of aromatic amines is 1. The zero-order chi connectivity index (χ0) is 15.5. The monoisotopic (exact) mass is 308 g/mol. The van der Waals surface area contributed by atoms with Crippen LogP contribution in [0.1, 0.15) is 0 Å². The van der Waals surface area contributed by atoms with Crippen molar-refractivity contribution in [2.45, 2.75) is 0 Å². The van der Waals surface area contributed by atoms with E-state index < -0.39 is 0 Å². The third kappa shape index (κ3) is 2.77. The van der Waals surface area contributed by atoms with Crippen molar-refractivity contribution < 1.29 is 9.47 Å². The van der Waals surface area contributed by atoms with Crippen LogP contribution in [0.15, 0.2) is 4.79 Å². The van der Waals surface area contributed by atoms with Crippen LogP contribution in [0.3, 0.4) is 0 Å². The summed E-state index contributed by atoms with van der Waals surface area (Å²) in [5.41, 5.74) is 0.575. The van der Waals surface area contributed by atoms with Gasteiger partial charge in [-0.2, -0.15) is 9.97 Å². The Kier molecular flexibility index (Phi) is 4.25. The summed E-state index contributed by atoms with van der Waals surface area (Å²) in [5.74, 6) is 0.676. The summed E-state index contributed by atoms with van der Waals surface area (Å²) in [6, 6.07) is 0.243. The van der Waals surface area contributed by atoms with Crippen LogP contribution in [-0.2, 0) is 11.8 Å². The zero-order valence-corrected chi connectivity index (χ0v) is 12.8. The molecular formula is C13H20N6O3. The van der Waals surface area contributed by atoms with Gasteiger partial charge in [0.05, 0.1) is 6.61 Å². The van der Waals surface area contributed by atoms with Gasteiger partial charge in [-0.3, -0.25) is 9.36 Å². The second-order valence-corrected chi connectivity index (χ2v) is 5.10. The number of aromatic nitrogens is 4. The molecule has 2 N–H and O–H groups in total. The van der Waals surface area contributed by atoms with Crippen LogP contribution < -0.4 is 20.5 Å². The van der Waals surface area contributed by atoms with Crippen LogP contribution in [0.5, 0.6) is 6.01 Å². The van der Waals surface area contributed by atoms with E-state index in [0.717, 1.165) is 26.2 Å². The molecule has 0 radical (unpaired) electrons. The highest BCUT2D eigenvalue weighted by Crippen LogP contribution is 2.16. The minimum Gasteiger partial charge on any atom is -0.462 e. The number of imidazole rings is 1. The average Bonchev–Trinajstić information content (AvgIpc) is 2.97. The predicted octanol–water partition coefficient (Wildman–Crippen LogP) is -0.909. The first-order valence-corrected chi connectivity index (χ1v) is 7.25. The predicted molar refractivity (Wildman–Crippen MR) is 81.6 cm³/mol. The van der Waals surface area contributed by atoms with Crippen molar-refractivity contribution in [3.8, 4) is 6.01 Å². The van der Waals surface area contributed by atoms with Crippen LogP contribution in [0.25, 0.3) is 11.2 Å². The standard InChI is InChI=1S/C13H20N6O3/c1-18-11(20)9-10(17-13(18)22-8-7-21-2)16-12(15-9)19-5-3-14-4-6-19/h14H,3-8H2,1-2H3,(H,15,16). The first-order valence-electron chi connectivity index (χ1n) is 7.25. The van der Waals surface area contributed by atoms with Crippen LogP contribution in [0.4, 0.5) is 5.95 Å². The molecule has 0 saturated carbocycles. The van der Waals surface area contributed by atoms with E-state index >= 15 is 0 Å². The summed E-state index contributed by atoms with van der Waals surface area (Å²) in [6.45, 7) is 4.24. The van der Waals surface area contributed by atoms with Gasteiger partial charge in [0.25, 0.3) is 5.56 Å². The molecule has 22 heavy (non-hydrogen) atoms. The molecule has 0 aliphatic carbocycles. The van der Waals surface area contributed by atoms with Crippen molar-refractivity contribution in [1.29, 1.82) is 0 Å². The highest BCUT2D eigenvalue weighted by atomic mass is 16.5. The number of nitrogens with zero attached hydrogens (tertiary/aromatic N) is 4. The number of ether oxygens (including phenoxy) is 2. The molecule has 9 nitrogen and oxygen atoms in total. The largest absolute Gasteiger partial charge is 0.462 e. The number of piperazine rings is 1. The van der Waals surface area contributed by atoms with Crippen LogP contribution in [-0.4, -0.2) is 66.0 Å². The summed E-state index contributed by atoms with van der Waals surface area (Å²) < 4.78 is 11.8. The Morgan fingerprint density at radius 1 is 1.23 bits per heavy atom. The lowest BCUT2D eigenvalue weighted by molar-refractivity contribution is 0.138. The second-order valence-electron chi connectivity index (χ2n) is 5.10. The lowest BCUT2D eigenvalue weighted by Crippen LogP contribution is -2.44. The molecule has 1 saturated heterocycles. The van der Waals surface area contributed by atoms with E-state index in [9.17, 15) is 4.79 Å². The van der Waals surface area contributed by atoms with Crippen LogP contribution in [0, 0.1) is 0 Å². The van der Waals surface area contributed by atoms with E-state index in [0.29, 0.717) is 30.3 Å². The molecule has 9 heteroatoms. The molecule has 0 aromatic carbocycles. The minimum absolute atomic E-state index is 0.202. The fourth-order valence-electron chi connectivity index (χ4n) is 2.37. The lowest BCUT2D eigenvalue weighted by Gasteiger charge is -2.26. The molecular weight excluding hydrogens is 288 g/mol. The summed E-state index contributed by atoms with van der Waals surface area (Å²) in [7, 11) is 3.22. The van der Waals surface area contributed by atoms with Gasteiger partial charge in [-0.1, -0.05) is 0 Å². The first kappa shape index (κ1) is 14.8. The SMILES string of the molecule is COCCOc1nc2nc(N3CCNCC3)[nH]c2c(=O)n1C. The molecule has 3 heterocycles. The van der Waals surface area contributed by atoms with Crippen molar-refractivity contribution in [1.82, 2.24) is 24.8 Å². The van der Waals surface area contributed by atoms with Gasteiger partial charge in [0, 0.05) is 40.3 Å². The van der Waals surface area contributed by atoms with Crippen molar-refractivity contribution in [2.24, 2.45) is 7.05 Å². The molecule has 1 aliphatic heterocycles. The number of methoxy groups -OCH3 is 1. The zero-order valence-electron chi connectivity index (χ0n) is 12.8. The number of nitrogens with one attached hydrogen (secondary N) is 2. The van der Waals surface area contributed by atoms with Crippen LogP contribution >= 0.6 is 0 Å². The Morgan fingerprint density at radius 2 is 2.00 bits per heavy atom. The Morgan fingerprint density at radius 3 is 2.73 bits per heavy atom. The number of hydrogen-bond donors (Lipinski definition) is 2. The third-order valence-corrected chi connectivity index (χ3v) is 3.61. The average molecular weight is 308 g/mol. The van der Waals surface area contributed by atoms with E-state index in [2.05, 4.69) is 25.2 Å². The van der Waals surface area contributed by atoms with Crippen molar-refractivity contribution in [3.63, 3.8) is 0 Å². The summed E-state index contributed by atoms with van der Waals surface area (Å²) in [6.07, 6.45) is 0. The quantitative estimate of drug-likeness (QED) is 0.690. The molecule has 120 valence electrons. The molecule has 2 aromatic heterocycles. The summed E-state index contributed by atoms with van der Waals surface area (Å²) >= 11 is 0. The maximum Gasteiger partial charge on any atom is 0.301 e. The fraction of sp³-hybridized carbons (Fsp3) is 0.615. The van der Waals surface area contributed by atoms with Gasteiger partial charge >= 0.3 is 6.01 Å². The molecule has 0 bridgehead atoms. The number of anilines is 1. The van der Waals surface area contributed by atoms with Gasteiger partial charge in [0.15, 0.2) is 11.2 Å². The summed E-state index contributed by atoms with van der Waals surface area (Å²) in [5, 5.41) is 3.28. The highest BCUT2D eigenvalue weighted by molar-refractivity contribution is 5.73. The number of H-pyrrole nitrogens is 1. The molecule has 0 amide bonds. The lowest BCUT2D eigenvalue weighted by atomic mass is 10.4. The summed E-state index contributed by atoms with van der Waals surface area (Å²) in [4.78, 5) is 26.3. The smallest absolute Gasteiger partial charge is 0.301 e. The molecule has 1 fully saturated rings. The molecule has 3 rings (SSSR count). The molecule has 0 atom stereocenters. The second kappa shape index (κ2) is 6.32. The van der Waals surface area contributed by atoms with Crippen molar-refractivity contribution >= 4 is 17.1 Å². The first-order chi connectivity index (χ1) is 10.7. The van der Waals surface area contributed by atoms with E-state index in [1.54, 1.807) is 14.2 Å². The van der Waals surface area contributed by atoms with E-state index in [1.807, 2.05) is 0 Å². The molecule has 1 aliphatic rings. The normalized spacial score (nSPS) is 15.5. The Balaban J connectivity index is 1.93. The van der Waals surface area contributed by atoms with E-state index in [-0.39, 0.29) is 11.6 Å². The van der Waals surface area contributed by atoms with Crippen molar-refractivity contribution in [3.05, 3.63) is 10.4 Å². The van der Waals surface area contributed by atoms with Gasteiger partial charge in [-0.05, 0) is 0 Å². The highest BCUT2D eigenvalue weighted by Gasteiger charge is 2.18. The van der Waals surface area contributed by atoms with Gasteiger partial charge in [0.2, 0.25) is 5.95 Å². The Bertz CT molecular complexity index is 704. The van der Waals surface area contributed by atoms with Gasteiger partial charge in [-0.25, -0.2) is 0 Å². The number of rotatable bonds is 5. The van der Waals surface area contributed by atoms with Gasteiger partial charge in [0.1, 0.15) is 6.61 Å². The van der Waals surface area contributed by atoms with E-state index in [4.69, 9.17) is 9.47 Å². The van der Waals surface area contributed by atoms with Crippen LogP contribution in [0.2, 0.25) is 0 Å². The van der Waals surface area contributed by atoms with E-state index in [1.165, 1.54) is 4.57 Å².